The van der Waals surface area contributed by atoms with Crippen LogP contribution in [0, 0.1) is 6.92 Å². The van der Waals surface area contributed by atoms with E-state index >= 15 is 0 Å². The Bertz CT molecular complexity index is 793. The number of nitrogens with one attached hydrogen (secondary N) is 2. The summed E-state index contributed by atoms with van der Waals surface area (Å²) in [5, 5.41) is 2.66. The summed E-state index contributed by atoms with van der Waals surface area (Å²) in [6.07, 6.45) is -0.00794. The van der Waals surface area contributed by atoms with Gasteiger partial charge in [0.15, 0.2) is 0 Å². The van der Waals surface area contributed by atoms with Gasteiger partial charge in [0, 0.05) is 18.8 Å². The molecule has 2 aromatic carbocycles. The Labute approximate surface area is 153 Å². The van der Waals surface area contributed by atoms with E-state index in [4.69, 9.17) is 11.6 Å². The molecular weight excluding hydrogens is 360 g/mol. The maximum Gasteiger partial charge on any atom is 0.241 e. The Morgan fingerprint density at radius 3 is 2.32 bits per heavy atom. The van der Waals surface area contributed by atoms with Gasteiger partial charge in [-0.15, -0.1) is 11.6 Å². The van der Waals surface area contributed by atoms with Crippen LogP contribution in [0.15, 0.2) is 59.5 Å². The number of amides is 1. The van der Waals surface area contributed by atoms with Gasteiger partial charge in [0.25, 0.3) is 0 Å². The van der Waals surface area contributed by atoms with Crippen LogP contribution in [-0.4, -0.2) is 26.7 Å². The highest BCUT2D eigenvalue weighted by Gasteiger charge is 2.23. The normalized spacial score (nSPS) is 12.6. The lowest BCUT2D eigenvalue weighted by Gasteiger charge is -2.19. The molecule has 2 N–H and O–H groups in total. The summed E-state index contributed by atoms with van der Waals surface area (Å²) in [5.74, 6) is 0.0396. The van der Waals surface area contributed by atoms with Crippen LogP contribution in [0.5, 0.6) is 0 Å². The number of carbonyl (C=O) groups excluding carboxylic acids is 1. The molecule has 1 amide bonds. The van der Waals surface area contributed by atoms with Crippen molar-refractivity contribution in [1.82, 2.24) is 10.0 Å². The van der Waals surface area contributed by atoms with E-state index in [0.29, 0.717) is 12.4 Å². The minimum Gasteiger partial charge on any atom is -0.355 e. The van der Waals surface area contributed by atoms with Crippen molar-refractivity contribution < 1.29 is 13.2 Å². The van der Waals surface area contributed by atoms with Crippen LogP contribution < -0.4 is 10.0 Å². The number of rotatable bonds is 8. The van der Waals surface area contributed by atoms with E-state index in [1.807, 2.05) is 13.0 Å². The molecule has 0 spiro atoms. The molecule has 0 saturated carbocycles. The SMILES string of the molecule is Cc1ccc(S(=O)(=O)N[C@@H](CC(=O)NCCCl)c2ccccc2)cc1. The number of sulfonamides is 1. The second-order valence-electron chi connectivity index (χ2n) is 5.64. The van der Waals surface area contributed by atoms with Gasteiger partial charge in [0.05, 0.1) is 10.9 Å². The molecule has 5 nitrogen and oxygen atoms in total. The van der Waals surface area contributed by atoms with Gasteiger partial charge in [-0.25, -0.2) is 13.1 Å². The van der Waals surface area contributed by atoms with Crippen LogP contribution in [0.3, 0.4) is 0 Å². The molecule has 0 fully saturated rings. The average Bonchev–Trinajstić information content (AvgIpc) is 2.60. The summed E-state index contributed by atoms with van der Waals surface area (Å²) in [7, 11) is -3.75. The third-order valence-electron chi connectivity index (χ3n) is 3.64. The average molecular weight is 381 g/mol. The molecule has 0 aliphatic rings. The zero-order chi connectivity index (χ0) is 18.3. The molecule has 0 unspecified atom stereocenters. The van der Waals surface area contributed by atoms with Crippen molar-refractivity contribution in [3.05, 3.63) is 65.7 Å². The van der Waals surface area contributed by atoms with Crippen LogP contribution in [0.25, 0.3) is 0 Å². The topological polar surface area (TPSA) is 75.3 Å². The molecule has 0 heterocycles. The molecule has 2 rings (SSSR count). The molecule has 25 heavy (non-hydrogen) atoms. The monoisotopic (exact) mass is 380 g/mol. The van der Waals surface area contributed by atoms with E-state index < -0.39 is 16.1 Å². The molecule has 7 heteroatoms. The predicted octanol–water partition coefficient (Wildman–Crippen LogP) is 2.76. The Morgan fingerprint density at radius 2 is 1.72 bits per heavy atom. The van der Waals surface area contributed by atoms with E-state index in [-0.39, 0.29) is 17.2 Å². The van der Waals surface area contributed by atoms with E-state index in [1.165, 1.54) is 0 Å². The maximum atomic E-state index is 12.7. The van der Waals surface area contributed by atoms with E-state index in [9.17, 15) is 13.2 Å². The number of aryl methyl sites for hydroxylation is 1. The molecule has 2 aromatic rings. The third-order valence-corrected chi connectivity index (χ3v) is 5.31. The molecule has 0 aliphatic carbocycles. The lowest BCUT2D eigenvalue weighted by atomic mass is 10.0. The van der Waals surface area contributed by atoms with Gasteiger partial charge in [0.1, 0.15) is 0 Å². The molecule has 0 saturated heterocycles. The first-order valence-electron chi connectivity index (χ1n) is 7.89. The number of alkyl halides is 1. The minimum absolute atomic E-state index is 0.00794. The number of hydrogen-bond acceptors (Lipinski definition) is 3. The molecule has 0 radical (unpaired) electrons. The number of benzene rings is 2. The van der Waals surface area contributed by atoms with E-state index in [1.54, 1.807) is 48.5 Å². The van der Waals surface area contributed by atoms with Gasteiger partial charge in [-0.05, 0) is 24.6 Å². The van der Waals surface area contributed by atoms with E-state index in [0.717, 1.165) is 11.1 Å². The summed E-state index contributed by atoms with van der Waals surface area (Å²) in [4.78, 5) is 12.2. The molecule has 1 atom stereocenters. The largest absolute Gasteiger partial charge is 0.355 e. The first-order chi connectivity index (χ1) is 11.9. The molecule has 0 bridgehead atoms. The van der Waals surface area contributed by atoms with Gasteiger partial charge < -0.3 is 5.32 Å². The summed E-state index contributed by atoms with van der Waals surface area (Å²) in [5.41, 5.74) is 1.69. The van der Waals surface area contributed by atoms with E-state index in [2.05, 4.69) is 10.0 Å². The van der Waals surface area contributed by atoms with Crippen molar-refractivity contribution in [3.63, 3.8) is 0 Å². The van der Waals surface area contributed by atoms with Crippen LogP contribution in [0.2, 0.25) is 0 Å². The first kappa shape index (κ1) is 19.4. The van der Waals surface area contributed by atoms with Crippen molar-refractivity contribution >= 4 is 27.5 Å². The third kappa shape index (κ3) is 5.85. The fourth-order valence-corrected chi connectivity index (χ4v) is 3.65. The molecule has 0 aromatic heterocycles. The maximum absolute atomic E-state index is 12.7. The highest BCUT2D eigenvalue weighted by atomic mass is 35.5. The van der Waals surface area contributed by atoms with Crippen molar-refractivity contribution in [2.45, 2.75) is 24.3 Å². The fraction of sp³-hybridized carbons (Fsp3) is 0.278. The van der Waals surface area contributed by atoms with Gasteiger partial charge in [-0.3, -0.25) is 4.79 Å². The lowest BCUT2D eigenvalue weighted by molar-refractivity contribution is -0.121. The highest BCUT2D eigenvalue weighted by molar-refractivity contribution is 7.89. The van der Waals surface area contributed by atoms with Crippen molar-refractivity contribution in [2.24, 2.45) is 0 Å². The fourth-order valence-electron chi connectivity index (χ4n) is 2.33. The molecule has 0 aliphatic heterocycles. The standard InChI is InChI=1S/C18H21ClN2O3S/c1-14-7-9-16(10-8-14)25(23,24)21-17(13-18(22)20-12-11-19)15-5-3-2-4-6-15/h2-10,17,21H,11-13H2,1H3,(H,20,22)/t17-/m0/s1. The van der Waals surface area contributed by atoms with Crippen molar-refractivity contribution in [3.8, 4) is 0 Å². The summed E-state index contributed by atoms with van der Waals surface area (Å²) in [6.45, 7) is 2.23. The summed E-state index contributed by atoms with van der Waals surface area (Å²) >= 11 is 5.57. The second kappa shape index (κ2) is 8.99. The van der Waals surface area contributed by atoms with Crippen LogP contribution in [0.1, 0.15) is 23.6 Å². The highest BCUT2D eigenvalue weighted by Crippen LogP contribution is 2.20. The number of halogens is 1. The zero-order valence-corrected chi connectivity index (χ0v) is 15.5. The minimum atomic E-state index is -3.75. The predicted molar refractivity (Wildman–Crippen MR) is 99.0 cm³/mol. The molecule has 134 valence electrons. The van der Waals surface area contributed by atoms with Gasteiger partial charge in [-0.2, -0.15) is 0 Å². The number of hydrogen-bond donors (Lipinski definition) is 2. The van der Waals surface area contributed by atoms with Crippen LogP contribution >= 0.6 is 11.6 Å². The summed E-state index contributed by atoms with van der Waals surface area (Å²) in [6, 6.07) is 14.9. The Balaban J connectivity index is 2.23. The van der Waals surface area contributed by atoms with Gasteiger partial charge in [0.2, 0.25) is 15.9 Å². The van der Waals surface area contributed by atoms with Crippen molar-refractivity contribution in [1.29, 1.82) is 0 Å². The van der Waals surface area contributed by atoms with Crippen molar-refractivity contribution in [2.75, 3.05) is 12.4 Å². The van der Waals surface area contributed by atoms with Gasteiger partial charge >= 0.3 is 0 Å². The van der Waals surface area contributed by atoms with Crippen LogP contribution in [-0.2, 0) is 14.8 Å². The lowest BCUT2D eigenvalue weighted by Crippen LogP contribution is -2.34. The zero-order valence-electron chi connectivity index (χ0n) is 13.9. The molecular formula is C18H21ClN2O3S. The quantitative estimate of drug-likeness (QED) is 0.691. The Kier molecular flexibility index (Phi) is 6.99. The van der Waals surface area contributed by atoms with Crippen LogP contribution in [0.4, 0.5) is 0 Å². The van der Waals surface area contributed by atoms with Gasteiger partial charge in [-0.1, -0.05) is 48.0 Å². The number of carbonyl (C=O) groups is 1. The summed E-state index contributed by atoms with van der Waals surface area (Å²) < 4.78 is 27.9. The smallest absolute Gasteiger partial charge is 0.241 e. The Hall–Kier alpha value is -1.89. The first-order valence-corrected chi connectivity index (χ1v) is 9.91. The Morgan fingerprint density at radius 1 is 1.08 bits per heavy atom. The second-order valence-corrected chi connectivity index (χ2v) is 7.73.